The van der Waals surface area contributed by atoms with Gasteiger partial charge in [-0.2, -0.15) is 4.98 Å². The molecule has 1 fully saturated rings. The van der Waals surface area contributed by atoms with Crippen LogP contribution in [0.4, 0.5) is 0 Å². The van der Waals surface area contributed by atoms with Gasteiger partial charge in [-0.05, 0) is 25.0 Å². The Balaban J connectivity index is 1.30. The molecule has 3 aromatic heterocycles. The molecular formula is C18H18ClN5O3. The van der Waals surface area contributed by atoms with E-state index in [1.807, 2.05) is 17.0 Å². The fourth-order valence-electron chi connectivity index (χ4n) is 3.19. The highest BCUT2D eigenvalue weighted by atomic mass is 35.5. The lowest BCUT2D eigenvalue weighted by molar-refractivity contribution is -0.132. The fraction of sp³-hybridized carbons (Fsp3) is 0.389. The summed E-state index contributed by atoms with van der Waals surface area (Å²) in [6, 6.07) is 5.30. The van der Waals surface area contributed by atoms with Crippen LogP contribution in [0, 0.1) is 0 Å². The van der Waals surface area contributed by atoms with Gasteiger partial charge in [0, 0.05) is 55.9 Å². The third kappa shape index (κ3) is 4.16. The van der Waals surface area contributed by atoms with Crippen LogP contribution in [0.15, 0.2) is 39.6 Å². The molecule has 1 aliphatic heterocycles. The van der Waals surface area contributed by atoms with Crippen LogP contribution in [0.1, 0.15) is 36.8 Å². The van der Waals surface area contributed by atoms with Gasteiger partial charge in [-0.15, -0.1) is 0 Å². The van der Waals surface area contributed by atoms with Crippen molar-refractivity contribution in [2.24, 2.45) is 0 Å². The van der Waals surface area contributed by atoms with Crippen LogP contribution in [0.25, 0.3) is 11.5 Å². The summed E-state index contributed by atoms with van der Waals surface area (Å²) in [5, 5.41) is 8.05. The molecule has 4 rings (SSSR count). The van der Waals surface area contributed by atoms with E-state index in [0.717, 1.165) is 18.4 Å². The number of piperidine rings is 1. The minimum absolute atomic E-state index is 0.103. The first-order valence-electron chi connectivity index (χ1n) is 8.82. The SMILES string of the molecule is O=C(CCc1cc(Cl)no1)N1CCC(c2noc(-c3ccncc3)n2)CC1. The number of hydrogen-bond donors (Lipinski definition) is 0. The second-order valence-corrected chi connectivity index (χ2v) is 6.85. The van der Waals surface area contributed by atoms with E-state index in [1.54, 1.807) is 18.5 Å². The molecule has 0 saturated carbocycles. The molecule has 0 N–H and O–H groups in total. The average Bonchev–Trinajstić information content (AvgIpc) is 3.36. The van der Waals surface area contributed by atoms with Crippen molar-refractivity contribution < 1.29 is 13.8 Å². The molecule has 0 atom stereocenters. The maximum atomic E-state index is 12.4. The van der Waals surface area contributed by atoms with Gasteiger partial charge in [0.05, 0.1) is 0 Å². The molecule has 27 heavy (non-hydrogen) atoms. The minimum Gasteiger partial charge on any atom is -0.360 e. The van der Waals surface area contributed by atoms with Gasteiger partial charge >= 0.3 is 0 Å². The van der Waals surface area contributed by atoms with Crippen LogP contribution in [-0.2, 0) is 11.2 Å². The Bertz CT molecular complexity index is 903. The standard InChI is InChI=1S/C18H18ClN5O3/c19-15-11-14(26-22-15)1-2-16(25)24-9-5-12(6-10-24)17-21-18(27-23-17)13-3-7-20-8-4-13/h3-4,7-8,11-12H,1-2,5-6,9-10H2. The van der Waals surface area contributed by atoms with Gasteiger partial charge in [0.2, 0.25) is 5.91 Å². The van der Waals surface area contributed by atoms with Crippen LogP contribution >= 0.6 is 11.6 Å². The summed E-state index contributed by atoms with van der Waals surface area (Å²) in [6.45, 7) is 1.36. The summed E-state index contributed by atoms with van der Waals surface area (Å²) in [4.78, 5) is 22.8. The zero-order valence-electron chi connectivity index (χ0n) is 14.5. The molecule has 9 heteroatoms. The molecular weight excluding hydrogens is 370 g/mol. The summed E-state index contributed by atoms with van der Waals surface area (Å²) in [6.07, 6.45) is 5.89. The fourth-order valence-corrected chi connectivity index (χ4v) is 3.35. The highest BCUT2D eigenvalue weighted by molar-refractivity contribution is 6.29. The first-order valence-corrected chi connectivity index (χ1v) is 9.20. The molecule has 0 spiro atoms. The Morgan fingerprint density at radius 1 is 1.19 bits per heavy atom. The highest BCUT2D eigenvalue weighted by Crippen LogP contribution is 2.28. The van der Waals surface area contributed by atoms with Crippen molar-refractivity contribution in [1.82, 2.24) is 25.2 Å². The zero-order chi connectivity index (χ0) is 18.6. The van der Waals surface area contributed by atoms with Crippen molar-refractivity contribution in [2.45, 2.75) is 31.6 Å². The predicted octanol–water partition coefficient (Wildman–Crippen LogP) is 3.11. The van der Waals surface area contributed by atoms with Crippen LogP contribution in [0.2, 0.25) is 5.15 Å². The quantitative estimate of drug-likeness (QED) is 0.663. The van der Waals surface area contributed by atoms with Gasteiger partial charge < -0.3 is 13.9 Å². The molecule has 140 valence electrons. The van der Waals surface area contributed by atoms with E-state index in [1.165, 1.54) is 0 Å². The summed E-state index contributed by atoms with van der Waals surface area (Å²) >= 11 is 5.72. The van der Waals surface area contributed by atoms with Crippen molar-refractivity contribution in [1.29, 1.82) is 0 Å². The van der Waals surface area contributed by atoms with Crippen LogP contribution in [0.5, 0.6) is 0 Å². The summed E-state index contributed by atoms with van der Waals surface area (Å²) in [5.41, 5.74) is 0.851. The third-order valence-corrected chi connectivity index (χ3v) is 4.88. The molecule has 4 heterocycles. The monoisotopic (exact) mass is 387 g/mol. The number of aryl methyl sites for hydroxylation is 1. The molecule has 0 unspecified atom stereocenters. The van der Waals surface area contributed by atoms with E-state index < -0.39 is 0 Å². The van der Waals surface area contributed by atoms with Crippen LogP contribution < -0.4 is 0 Å². The van der Waals surface area contributed by atoms with Crippen molar-refractivity contribution >= 4 is 17.5 Å². The Hall–Kier alpha value is -2.74. The second kappa shape index (κ2) is 7.87. The molecule has 0 radical (unpaired) electrons. The Morgan fingerprint density at radius 3 is 2.67 bits per heavy atom. The Morgan fingerprint density at radius 2 is 1.96 bits per heavy atom. The van der Waals surface area contributed by atoms with E-state index in [-0.39, 0.29) is 11.8 Å². The number of rotatable bonds is 5. The highest BCUT2D eigenvalue weighted by Gasteiger charge is 2.27. The molecule has 1 amide bonds. The van der Waals surface area contributed by atoms with Gasteiger partial charge in [-0.3, -0.25) is 9.78 Å². The number of carbonyl (C=O) groups is 1. The number of pyridine rings is 1. The van der Waals surface area contributed by atoms with Gasteiger partial charge in [-0.1, -0.05) is 21.9 Å². The minimum atomic E-state index is 0.103. The number of hydrogen-bond acceptors (Lipinski definition) is 7. The molecule has 0 aliphatic carbocycles. The summed E-state index contributed by atoms with van der Waals surface area (Å²) in [5.74, 6) is 2.12. The maximum Gasteiger partial charge on any atom is 0.258 e. The summed E-state index contributed by atoms with van der Waals surface area (Å²) in [7, 11) is 0. The van der Waals surface area contributed by atoms with Gasteiger partial charge in [0.25, 0.3) is 5.89 Å². The van der Waals surface area contributed by atoms with Gasteiger partial charge in [0.15, 0.2) is 11.0 Å². The van der Waals surface area contributed by atoms with E-state index in [4.69, 9.17) is 20.6 Å². The number of halogens is 1. The van der Waals surface area contributed by atoms with Crippen LogP contribution in [-0.4, -0.2) is 44.2 Å². The number of carbonyl (C=O) groups excluding carboxylic acids is 1. The average molecular weight is 388 g/mol. The van der Waals surface area contributed by atoms with E-state index in [2.05, 4.69) is 20.3 Å². The number of aromatic nitrogens is 4. The number of nitrogens with zero attached hydrogens (tertiary/aromatic N) is 5. The van der Waals surface area contributed by atoms with E-state index in [0.29, 0.717) is 48.6 Å². The van der Waals surface area contributed by atoms with Crippen molar-refractivity contribution in [3.63, 3.8) is 0 Å². The maximum absolute atomic E-state index is 12.4. The first-order chi connectivity index (χ1) is 13.2. The normalized spacial score (nSPS) is 15.2. The topological polar surface area (TPSA) is 98.2 Å². The van der Waals surface area contributed by atoms with Crippen molar-refractivity contribution in [3.05, 3.63) is 47.3 Å². The smallest absolute Gasteiger partial charge is 0.258 e. The lowest BCUT2D eigenvalue weighted by atomic mass is 9.96. The lowest BCUT2D eigenvalue weighted by Gasteiger charge is -2.30. The zero-order valence-corrected chi connectivity index (χ0v) is 15.3. The van der Waals surface area contributed by atoms with Gasteiger partial charge in [0.1, 0.15) is 5.76 Å². The number of amides is 1. The van der Waals surface area contributed by atoms with Crippen LogP contribution in [0.3, 0.4) is 0 Å². The third-order valence-electron chi connectivity index (χ3n) is 4.70. The lowest BCUT2D eigenvalue weighted by Crippen LogP contribution is -2.38. The van der Waals surface area contributed by atoms with E-state index >= 15 is 0 Å². The molecule has 1 aliphatic rings. The molecule has 1 saturated heterocycles. The second-order valence-electron chi connectivity index (χ2n) is 6.46. The van der Waals surface area contributed by atoms with E-state index in [9.17, 15) is 4.79 Å². The molecule has 0 bridgehead atoms. The predicted molar refractivity (Wildman–Crippen MR) is 95.9 cm³/mol. The van der Waals surface area contributed by atoms with Crippen molar-refractivity contribution in [2.75, 3.05) is 13.1 Å². The largest absolute Gasteiger partial charge is 0.360 e. The first kappa shape index (κ1) is 17.7. The summed E-state index contributed by atoms with van der Waals surface area (Å²) < 4.78 is 10.4. The molecule has 0 aromatic carbocycles. The molecule has 3 aromatic rings. The molecule has 8 nitrogen and oxygen atoms in total. The Labute approximate surface area is 160 Å². The Kier molecular flexibility index (Phi) is 5.15. The number of likely N-dealkylation sites (tertiary alicyclic amines) is 1. The van der Waals surface area contributed by atoms with Crippen molar-refractivity contribution in [3.8, 4) is 11.5 Å². The van der Waals surface area contributed by atoms with Gasteiger partial charge in [-0.25, -0.2) is 0 Å².